The number of hydrogen-bond donors (Lipinski definition) is 2. The molecule has 2 amide bonds. The SMILES string of the molecule is O=C(C[C@H]1SC(=NC2CC2)NC1=O)Nc1cccc(Cl)c1Cl. The number of amidine groups is 1. The molecule has 1 aromatic carbocycles. The van der Waals surface area contributed by atoms with Crippen LogP contribution in [0.3, 0.4) is 0 Å². The molecule has 1 aromatic rings. The lowest BCUT2D eigenvalue weighted by molar-refractivity contribution is -0.122. The van der Waals surface area contributed by atoms with Crippen LogP contribution in [0.25, 0.3) is 0 Å². The van der Waals surface area contributed by atoms with Crippen LogP contribution in [0, 0.1) is 0 Å². The van der Waals surface area contributed by atoms with Crippen molar-refractivity contribution in [3.63, 3.8) is 0 Å². The molecule has 0 spiro atoms. The number of thioether (sulfide) groups is 1. The van der Waals surface area contributed by atoms with Crippen LogP contribution in [-0.4, -0.2) is 28.3 Å². The summed E-state index contributed by atoms with van der Waals surface area (Å²) in [7, 11) is 0. The van der Waals surface area contributed by atoms with Crippen molar-refractivity contribution in [1.29, 1.82) is 0 Å². The molecule has 8 heteroatoms. The second kappa shape index (κ2) is 6.48. The number of carbonyl (C=O) groups is 2. The zero-order valence-electron chi connectivity index (χ0n) is 11.4. The fourth-order valence-corrected chi connectivity index (χ4v) is 3.33. The van der Waals surface area contributed by atoms with Crippen molar-refractivity contribution >= 4 is 57.6 Å². The van der Waals surface area contributed by atoms with E-state index < -0.39 is 5.25 Å². The van der Waals surface area contributed by atoms with Gasteiger partial charge in [-0.05, 0) is 25.0 Å². The van der Waals surface area contributed by atoms with Gasteiger partial charge in [-0.1, -0.05) is 41.0 Å². The van der Waals surface area contributed by atoms with Gasteiger partial charge in [-0.15, -0.1) is 0 Å². The lowest BCUT2D eigenvalue weighted by Crippen LogP contribution is -2.28. The number of benzene rings is 1. The van der Waals surface area contributed by atoms with Gasteiger partial charge >= 0.3 is 0 Å². The first-order chi connectivity index (χ1) is 10.5. The highest BCUT2D eigenvalue weighted by Crippen LogP contribution is 2.31. The van der Waals surface area contributed by atoms with Gasteiger partial charge in [0.25, 0.3) is 0 Å². The summed E-state index contributed by atoms with van der Waals surface area (Å²) in [5.41, 5.74) is 0.439. The lowest BCUT2D eigenvalue weighted by atomic mass is 10.2. The van der Waals surface area contributed by atoms with Crippen molar-refractivity contribution in [3.05, 3.63) is 28.2 Å². The largest absolute Gasteiger partial charge is 0.325 e. The van der Waals surface area contributed by atoms with E-state index in [1.54, 1.807) is 18.2 Å². The van der Waals surface area contributed by atoms with E-state index >= 15 is 0 Å². The number of amides is 2. The summed E-state index contributed by atoms with van der Waals surface area (Å²) in [5, 5.41) is 6.20. The van der Waals surface area contributed by atoms with Gasteiger partial charge in [0.1, 0.15) is 5.25 Å². The molecule has 2 aliphatic rings. The maximum Gasteiger partial charge on any atom is 0.240 e. The van der Waals surface area contributed by atoms with E-state index in [-0.39, 0.29) is 23.3 Å². The van der Waals surface area contributed by atoms with Gasteiger partial charge in [0, 0.05) is 6.42 Å². The molecule has 116 valence electrons. The Balaban J connectivity index is 1.59. The number of carbonyl (C=O) groups excluding carboxylic acids is 2. The van der Waals surface area contributed by atoms with Gasteiger partial charge in [-0.25, -0.2) is 0 Å². The van der Waals surface area contributed by atoms with E-state index in [0.717, 1.165) is 12.8 Å². The number of halogens is 2. The minimum absolute atomic E-state index is 0.0586. The fraction of sp³-hybridized carbons (Fsp3) is 0.357. The molecule has 1 atom stereocenters. The predicted octanol–water partition coefficient (Wildman–Crippen LogP) is 3.07. The van der Waals surface area contributed by atoms with E-state index in [2.05, 4.69) is 15.6 Å². The number of anilines is 1. The fourth-order valence-electron chi connectivity index (χ4n) is 1.94. The third-order valence-corrected chi connectivity index (χ3v) is 5.13. The number of aliphatic imine (C=N–C) groups is 1. The van der Waals surface area contributed by atoms with E-state index in [9.17, 15) is 9.59 Å². The van der Waals surface area contributed by atoms with E-state index in [4.69, 9.17) is 23.2 Å². The molecule has 5 nitrogen and oxygen atoms in total. The van der Waals surface area contributed by atoms with Crippen LogP contribution in [-0.2, 0) is 9.59 Å². The second-order valence-electron chi connectivity index (χ2n) is 5.11. The standard InChI is InChI=1S/C14H13Cl2N3O2S/c15-8-2-1-3-9(12(8)16)18-11(20)6-10-13(21)19-14(22-10)17-7-4-5-7/h1-3,7,10H,4-6H2,(H,18,20)(H,17,19,21)/t10-/m1/s1. The Bertz CT molecular complexity index is 661. The first kappa shape index (κ1) is 15.6. The minimum Gasteiger partial charge on any atom is -0.325 e. The molecule has 0 radical (unpaired) electrons. The van der Waals surface area contributed by atoms with Crippen molar-refractivity contribution in [3.8, 4) is 0 Å². The number of nitrogens with zero attached hydrogens (tertiary/aromatic N) is 1. The van der Waals surface area contributed by atoms with Crippen LogP contribution in [0.5, 0.6) is 0 Å². The topological polar surface area (TPSA) is 70.6 Å². The average molecular weight is 358 g/mol. The Morgan fingerprint density at radius 1 is 1.41 bits per heavy atom. The number of rotatable bonds is 4. The molecule has 1 saturated heterocycles. The molecule has 2 N–H and O–H groups in total. The van der Waals surface area contributed by atoms with Crippen molar-refractivity contribution in [2.24, 2.45) is 4.99 Å². The summed E-state index contributed by atoms with van der Waals surface area (Å²) in [6.45, 7) is 0. The van der Waals surface area contributed by atoms with Gasteiger partial charge in [-0.3, -0.25) is 14.6 Å². The maximum atomic E-state index is 12.1. The van der Waals surface area contributed by atoms with Gasteiger partial charge in [0.2, 0.25) is 11.8 Å². The number of hydrogen-bond acceptors (Lipinski definition) is 4. The molecule has 1 aliphatic heterocycles. The van der Waals surface area contributed by atoms with Gasteiger partial charge in [-0.2, -0.15) is 0 Å². The highest BCUT2D eigenvalue weighted by molar-refractivity contribution is 8.15. The molecule has 1 saturated carbocycles. The van der Waals surface area contributed by atoms with Crippen molar-refractivity contribution in [1.82, 2.24) is 5.32 Å². The van der Waals surface area contributed by atoms with Crippen LogP contribution in [0.1, 0.15) is 19.3 Å². The summed E-state index contributed by atoms with van der Waals surface area (Å²) in [5.74, 6) is -0.471. The Labute approximate surface area is 141 Å². The van der Waals surface area contributed by atoms with Crippen molar-refractivity contribution in [2.45, 2.75) is 30.6 Å². The Morgan fingerprint density at radius 3 is 2.91 bits per heavy atom. The molecular weight excluding hydrogens is 345 g/mol. The van der Waals surface area contributed by atoms with Crippen LogP contribution in [0.4, 0.5) is 5.69 Å². The third kappa shape index (κ3) is 3.74. The van der Waals surface area contributed by atoms with Gasteiger partial charge in [0.05, 0.1) is 21.8 Å². The molecular formula is C14H13Cl2N3O2S. The number of nitrogens with one attached hydrogen (secondary N) is 2. The third-order valence-electron chi connectivity index (χ3n) is 3.22. The van der Waals surface area contributed by atoms with Crippen LogP contribution >= 0.6 is 35.0 Å². The molecule has 0 unspecified atom stereocenters. The van der Waals surface area contributed by atoms with E-state index in [1.807, 2.05) is 0 Å². The summed E-state index contributed by atoms with van der Waals surface area (Å²) in [4.78, 5) is 28.3. The Morgan fingerprint density at radius 2 is 2.18 bits per heavy atom. The highest BCUT2D eigenvalue weighted by Gasteiger charge is 2.33. The summed E-state index contributed by atoms with van der Waals surface area (Å²) in [6, 6.07) is 5.33. The monoisotopic (exact) mass is 357 g/mol. The van der Waals surface area contributed by atoms with Crippen molar-refractivity contribution in [2.75, 3.05) is 5.32 Å². The maximum absolute atomic E-state index is 12.1. The van der Waals surface area contributed by atoms with Crippen molar-refractivity contribution < 1.29 is 9.59 Å². The van der Waals surface area contributed by atoms with E-state index in [0.29, 0.717) is 21.9 Å². The Kier molecular flexibility index (Phi) is 4.61. The van der Waals surface area contributed by atoms with Crippen LogP contribution in [0.2, 0.25) is 10.0 Å². The zero-order valence-corrected chi connectivity index (χ0v) is 13.8. The summed E-state index contributed by atoms with van der Waals surface area (Å²) < 4.78 is 0. The first-order valence-corrected chi connectivity index (χ1v) is 8.45. The quantitative estimate of drug-likeness (QED) is 0.869. The molecule has 0 aromatic heterocycles. The zero-order chi connectivity index (χ0) is 15.7. The normalized spacial score (nSPS) is 22.7. The summed E-state index contributed by atoms with van der Waals surface area (Å²) >= 11 is 13.2. The van der Waals surface area contributed by atoms with Gasteiger partial charge < -0.3 is 10.6 Å². The molecule has 1 aliphatic carbocycles. The smallest absolute Gasteiger partial charge is 0.240 e. The molecule has 22 heavy (non-hydrogen) atoms. The predicted molar refractivity (Wildman–Crippen MR) is 89.7 cm³/mol. The lowest BCUT2D eigenvalue weighted by Gasteiger charge is -2.09. The van der Waals surface area contributed by atoms with Crippen LogP contribution < -0.4 is 10.6 Å². The molecule has 0 bridgehead atoms. The first-order valence-electron chi connectivity index (χ1n) is 6.82. The molecule has 3 rings (SSSR count). The average Bonchev–Trinajstić information content (AvgIpc) is 3.20. The minimum atomic E-state index is -0.463. The molecule has 1 heterocycles. The van der Waals surface area contributed by atoms with E-state index in [1.165, 1.54) is 11.8 Å². The van der Waals surface area contributed by atoms with Gasteiger partial charge in [0.15, 0.2) is 5.17 Å². The Hall–Kier alpha value is -1.24. The summed E-state index contributed by atoms with van der Waals surface area (Å²) in [6.07, 6.45) is 2.19. The highest BCUT2D eigenvalue weighted by atomic mass is 35.5. The second-order valence-corrected chi connectivity index (χ2v) is 7.09. The van der Waals surface area contributed by atoms with Crippen LogP contribution in [0.15, 0.2) is 23.2 Å². The molecule has 2 fully saturated rings.